The van der Waals surface area contributed by atoms with E-state index in [1.807, 2.05) is 31.3 Å². The van der Waals surface area contributed by atoms with Gasteiger partial charge >= 0.3 is 0 Å². The highest BCUT2D eigenvalue weighted by Gasteiger charge is 2.17. The van der Waals surface area contributed by atoms with Gasteiger partial charge in [0.15, 0.2) is 0 Å². The van der Waals surface area contributed by atoms with E-state index in [1.54, 1.807) is 18.9 Å². The maximum atomic E-state index is 12.5. The maximum Gasteiger partial charge on any atom is 0.230 e. The Labute approximate surface area is 152 Å². The minimum Gasteiger partial charge on any atom is -0.497 e. The number of aromatic nitrogens is 1. The molecule has 0 aliphatic rings. The number of rotatable bonds is 5. The molecule has 0 saturated carbocycles. The molecule has 0 bridgehead atoms. The number of carbonyl (C=O) groups excluding carboxylic acids is 1. The van der Waals surface area contributed by atoms with E-state index in [1.165, 1.54) is 15.8 Å². The minimum absolute atomic E-state index is 0.0249. The average molecular weight is 354 g/mol. The van der Waals surface area contributed by atoms with E-state index in [4.69, 9.17) is 4.74 Å². The molecule has 3 aromatic rings. The maximum absolute atomic E-state index is 12.5. The molecule has 1 amide bonds. The van der Waals surface area contributed by atoms with Gasteiger partial charge in [0.1, 0.15) is 5.75 Å². The van der Waals surface area contributed by atoms with Crippen molar-refractivity contribution in [3.63, 3.8) is 0 Å². The van der Waals surface area contributed by atoms with Crippen molar-refractivity contribution in [2.24, 2.45) is 7.05 Å². The van der Waals surface area contributed by atoms with Crippen molar-refractivity contribution in [3.8, 4) is 5.75 Å². The number of thioether (sulfide) groups is 1. The molecule has 0 radical (unpaired) electrons. The van der Waals surface area contributed by atoms with E-state index >= 15 is 0 Å². The standard InChI is InChI=1S/C20H22N2O2S/c1-13-5-10-17-16(11-13)20(25-4)18(22(17)2)12-19(23)21-14-6-8-15(24-3)9-7-14/h5-11H,12H2,1-4H3,(H,21,23). The second-order valence-corrected chi connectivity index (χ2v) is 6.83. The van der Waals surface area contributed by atoms with Gasteiger partial charge in [-0.3, -0.25) is 4.79 Å². The SMILES string of the molecule is COc1ccc(NC(=O)Cc2c(SC)c3cc(C)ccc3n2C)cc1. The Bertz CT molecular complexity index is 914. The molecule has 0 fully saturated rings. The van der Waals surface area contributed by atoms with Crippen LogP contribution in [0, 0.1) is 6.92 Å². The third kappa shape index (κ3) is 3.51. The van der Waals surface area contributed by atoms with Gasteiger partial charge < -0.3 is 14.6 Å². The highest BCUT2D eigenvalue weighted by atomic mass is 32.2. The van der Waals surface area contributed by atoms with Crippen molar-refractivity contribution in [1.82, 2.24) is 4.57 Å². The van der Waals surface area contributed by atoms with Crippen molar-refractivity contribution in [3.05, 3.63) is 53.7 Å². The number of nitrogens with one attached hydrogen (secondary N) is 1. The Kier molecular flexibility index (Phi) is 5.04. The smallest absolute Gasteiger partial charge is 0.230 e. The number of fused-ring (bicyclic) bond motifs is 1. The Morgan fingerprint density at radius 1 is 1.20 bits per heavy atom. The van der Waals surface area contributed by atoms with Crippen LogP contribution >= 0.6 is 11.8 Å². The molecular formula is C20H22N2O2S. The molecule has 5 heteroatoms. The molecule has 0 aliphatic heterocycles. The second-order valence-electron chi connectivity index (χ2n) is 6.01. The van der Waals surface area contributed by atoms with Crippen LogP contribution < -0.4 is 10.1 Å². The summed E-state index contributed by atoms with van der Waals surface area (Å²) in [7, 11) is 3.65. The van der Waals surface area contributed by atoms with Crippen LogP contribution in [0.15, 0.2) is 47.4 Å². The number of aryl methyl sites for hydroxylation is 2. The Balaban J connectivity index is 1.86. The van der Waals surface area contributed by atoms with Crippen LogP contribution in [-0.2, 0) is 18.3 Å². The molecule has 0 aliphatic carbocycles. The fraction of sp³-hybridized carbons (Fsp3) is 0.250. The molecule has 1 heterocycles. The number of ether oxygens (including phenoxy) is 1. The number of hydrogen-bond donors (Lipinski definition) is 1. The highest BCUT2D eigenvalue weighted by Crippen LogP contribution is 2.33. The van der Waals surface area contributed by atoms with Gasteiger partial charge in [0, 0.05) is 34.2 Å². The molecular weight excluding hydrogens is 332 g/mol. The lowest BCUT2D eigenvalue weighted by molar-refractivity contribution is -0.115. The lowest BCUT2D eigenvalue weighted by atomic mass is 10.2. The minimum atomic E-state index is -0.0249. The molecule has 0 spiro atoms. The van der Waals surface area contributed by atoms with Gasteiger partial charge in [-0.1, -0.05) is 11.6 Å². The first-order chi connectivity index (χ1) is 12.0. The number of nitrogens with zero attached hydrogens (tertiary/aromatic N) is 1. The lowest BCUT2D eigenvalue weighted by Gasteiger charge is -2.09. The zero-order valence-corrected chi connectivity index (χ0v) is 15.7. The van der Waals surface area contributed by atoms with Crippen LogP contribution in [0.25, 0.3) is 10.9 Å². The number of carbonyl (C=O) groups is 1. The van der Waals surface area contributed by atoms with E-state index in [2.05, 4.69) is 41.3 Å². The van der Waals surface area contributed by atoms with E-state index in [-0.39, 0.29) is 5.91 Å². The Morgan fingerprint density at radius 2 is 1.92 bits per heavy atom. The summed E-state index contributed by atoms with van der Waals surface area (Å²) < 4.78 is 7.26. The molecule has 1 N–H and O–H groups in total. The van der Waals surface area contributed by atoms with Crippen LogP contribution in [0.3, 0.4) is 0 Å². The lowest BCUT2D eigenvalue weighted by Crippen LogP contribution is -2.16. The van der Waals surface area contributed by atoms with E-state index in [0.29, 0.717) is 6.42 Å². The molecule has 0 saturated heterocycles. The average Bonchev–Trinajstić information content (AvgIpc) is 2.86. The van der Waals surface area contributed by atoms with Gasteiger partial charge in [-0.15, -0.1) is 11.8 Å². The van der Waals surface area contributed by atoms with Crippen LogP contribution in [0.2, 0.25) is 0 Å². The van der Waals surface area contributed by atoms with E-state index in [9.17, 15) is 4.79 Å². The zero-order chi connectivity index (χ0) is 18.0. The molecule has 4 nitrogen and oxygen atoms in total. The number of hydrogen-bond acceptors (Lipinski definition) is 3. The monoisotopic (exact) mass is 354 g/mol. The topological polar surface area (TPSA) is 43.3 Å². The number of benzene rings is 2. The van der Waals surface area contributed by atoms with Crippen LogP contribution in [0.4, 0.5) is 5.69 Å². The third-order valence-corrected chi connectivity index (χ3v) is 5.19. The Hall–Kier alpha value is -2.40. The van der Waals surface area contributed by atoms with E-state index in [0.717, 1.165) is 22.6 Å². The van der Waals surface area contributed by atoms with Gasteiger partial charge in [0.2, 0.25) is 5.91 Å². The summed E-state index contributed by atoms with van der Waals surface area (Å²) in [5, 5.41) is 4.17. The summed E-state index contributed by atoms with van der Waals surface area (Å²) in [5.74, 6) is 0.745. The summed E-state index contributed by atoms with van der Waals surface area (Å²) in [5.41, 5.74) is 4.19. The molecule has 1 aromatic heterocycles. The van der Waals surface area contributed by atoms with Gasteiger partial charge in [0.05, 0.1) is 13.5 Å². The predicted octanol–water partition coefficient (Wildman–Crippen LogP) is 4.40. The normalized spacial score (nSPS) is 10.9. The summed E-state index contributed by atoms with van der Waals surface area (Å²) in [6, 6.07) is 13.8. The van der Waals surface area contributed by atoms with Crippen LogP contribution in [0.5, 0.6) is 5.75 Å². The quantitative estimate of drug-likeness (QED) is 0.691. The largest absolute Gasteiger partial charge is 0.497 e. The second kappa shape index (κ2) is 7.23. The summed E-state index contributed by atoms with van der Waals surface area (Å²) in [6.45, 7) is 2.09. The summed E-state index contributed by atoms with van der Waals surface area (Å²) >= 11 is 1.69. The predicted molar refractivity (Wildman–Crippen MR) is 105 cm³/mol. The van der Waals surface area contributed by atoms with Crippen LogP contribution in [-0.4, -0.2) is 23.8 Å². The number of amides is 1. The fourth-order valence-corrected chi connectivity index (χ4v) is 3.86. The first-order valence-corrected chi connectivity index (χ1v) is 9.31. The van der Waals surface area contributed by atoms with Crippen molar-refractivity contribution < 1.29 is 9.53 Å². The van der Waals surface area contributed by atoms with Crippen molar-refractivity contribution in [2.75, 3.05) is 18.7 Å². The van der Waals surface area contributed by atoms with Crippen molar-refractivity contribution in [2.45, 2.75) is 18.2 Å². The zero-order valence-electron chi connectivity index (χ0n) is 14.9. The highest BCUT2D eigenvalue weighted by molar-refractivity contribution is 7.98. The first-order valence-electron chi connectivity index (χ1n) is 8.09. The molecule has 130 valence electrons. The number of anilines is 1. The van der Waals surface area contributed by atoms with Gasteiger partial charge in [0.25, 0.3) is 0 Å². The van der Waals surface area contributed by atoms with Crippen molar-refractivity contribution in [1.29, 1.82) is 0 Å². The molecule has 0 unspecified atom stereocenters. The first kappa shape index (κ1) is 17.4. The Morgan fingerprint density at radius 3 is 2.56 bits per heavy atom. The van der Waals surface area contributed by atoms with E-state index < -0.39 is 0 Å². The molecule has 3 rings (SSSR count). The molecule has 25 heavy (non-hydrogen) atoms. The van der Waals surface area contributed by atoms with Gasteiger partial charge in [-0.25, -0.2) is 0 Å². The number of methoxy groups -OCH3 is 1. The fourth-order valence-electron chi connectivity index (χ4n) is 3.04. The van der Waals surface area contributed by atoms with Gasteiger partial charge in [-0.05, 0) is 49.6 Å². The third-order valence-electron chi connectivity index (χ3n) is 4.33. The summed E-state index contributed by atoms with van der Waals surface area (Å²) in [6.07, 6.45) is 2.40. The van der Waals surface area contributed by atoms with Crippen molar-refractivity contribution >= 4 is 34.3 Å². The van der Waals surface area contributed by atoms with Crippen LogP contribution in [0.1, 0.15) is 11.3 Å². The van der Waals surface area contributed by atoms with Gasteiger partial charge in [-0.2, -0.15) is 0 Å². The molecule has 2 aromatic carbocycles. The molecule has 0 atom stereocenters. The summed E-state index contributed by atoms with van der Waals surface area (Å²) in [4.78, 5) is 13.7.